The highest BCUT2D eigenvalue weighted by Gasteiger charge is 2.45. The molecule has 2 aliphatic rings. The van der Waals surface area contributed by atoms with E-state index in [0.717, 1.165) is 55.0 Å². The van der Waals surface area contributed by atoms with Crippen LogP contribution in [0, 0.1) is 5.92 Å². The molecule has 1 saturated heterocycles. The Hall–Kier alpha value is -2.54. The summed E-state index contributed by atoms with van der Waals surface area (Å²) in [7, 11) is 0. The Morgan fingerprint density at radius 1 is 1.12 bits per heavy atom. The number of para-hydroxylation sites is 1. The van der Waals surface area contributed by atoms with E-state index in [4.69, 9.17) is 21.1 Å². The number of H-pyrrole nitrogens is 1. The fraction of sp³-hybridized carbons (Fsp3) is 0.417. The van der Waals surface area contributed by atoms with E-state index in [1.807, 2.05) is 18.2 Å². The molecule has 1 N–H and O–H groups in total. The molecule has 3 heterocycles. The lowest BCUT2D eigenvalue weighted by Gasteiger charge is -2.36. The van der Waals surface area contributed by atoms with Crippen LogP contribution < -0.4 is 14.4 Å². The molecule has 1 aromatic heterocycles. The topological polar surface area (TPSA) is 37.5 Å². The summed E-state index contributed by atoms with van der Waals surface area (Å²) in [5.41, 5.74) is 3.18. The van der Waals surface area contributed by atoms with E-state index in [0.29, 0.717) is 11.7 Å². The van der Waals surface area contributed by atoms with E-state index >= 15 is 0 Å². The van der Waals surface area contributed by atoms with Gasteiger partial charge in [0.05, 0.1) is 5.69 Å². The van der Waals surface area contributed by atoms with Gasteiger partial charge in [0, 0.05) is 35.2 Å². The van der Waals surface area contributed by atoms with E-state index in [2.05, 4.69) is 22.1 Å². The number of nitrogens with zero attached hydrogens (tertiary/aromatic N) is 1. The van der Waals surface area contributed by atoms with Crippen LogP contribution in [-0.2, 0) is 6.42 Å². The lowest BCUT2D eigenvalue weighted by atomic mass is 9.90. The minimum Gasteiger partial charge on any atom is -0.483 e. The van der Waals surface area contributed by atoms with Crippen LogP contribution in [0.1, 0.15) is 24.8 Å². The summed E-state index contributed by atoms with van der Waals surface area (Å²) in [5, 5.41) is 1.95. The number of aryl methyl sites for hydroxylation is 1. The van der Waals surface area contributed by atoms with E-state index in [1.165, 1.54) is 17.0 Å². The van der Waals surface area contributed by atoms with Crippen molar-refractivity contribution < 1.29 is 22.6 Å². The molecule has 1 atom stereocenters. The van der Waals surface area contributed by atoms with Crippen molar-refractivity contribution >= 4 is 28.2 Å². The van der Waals surface area contributed by atoms with Crippen molar-refractivity contribution in [3.8, 4) is 11.5 Å². The first-order valence-corrected chi connectivity index (χ1v) is 11.3. The molecule has 0 aliphatic carbocycles. The number of nitrogens with one attached hydrogen (secondary N) is 1. The molecule has 32 heavy (non-hydrogen) atoms. The van der Waals surface area contributed by atoms with Gasteiger partial charge in [-0.15, -0.1) is 0 Å². The zero-order valence-corrected chi connectivity index (χ0v) is 18.2. The first-order valence-electron chi connectivity index (χ1n) is 10.9. The molecule has 3 aromatic rings. The summed E-state index contributed by atoms with van der Waals surface area (Å²) in [5.74, 6) is 1.19. The summed E-state index contributed by atoms with van der Waals surface area (Å²) in [6, 6.07) is 11.1. The number of benzene rings is 2. The Morgan fingerprint density at radius 2 is 1.94 bits per heavy atom. The zero-order valence-electron chi connectivity index (χ0n) is 17.4. The average Bonchev–Trinajstić information content (AvgIpc) is 3.18. The SMILES string of the molecule is FC(F)(F)C1COc2c(cccc2N2CCC(CCc3c[nH]c4cc(Cl)ccc34)CC2)O1. The van der Waals surface area contributed by atoms with Crippen LogP contribution in [-0.4, -0.2) is 37.0 Å². The van der Waals surface area contributed by atoms with Gasteiger partial charge in [-0.3, -0.25) is 0 Å². The van der Waals surface area contributed by atoms with Gasteiger partial charge in [-0.25, -0.2) is 0 Å². The third-order valence-corrected chi connectivity index (χ3v) is 6.71. The number of fused-ring (bicyclic) bond motifs is 2. The van der Waals surface area contributed by atoms with Crippen molar-refractivity contribution in [2.45, 2.75) is 38.0 Å². The van der Waals surface area contributed by atoms with Gasteiger partial charge in [-0.05, 0) is 61.4 Å². The minimum atomic E-state index is -4.44. The smallest absolute Gasteiger partial charge is 0.428 e. The molecular weight excluding hydrogens is 441 g/mol. The quantitative estimate of drug-likeness (QED) is 0.487. The standard InChI is InChI=1S/C24H24ClF3N2O2/c25-17-6-7-18-16(13-29-19(18)12-17)5-4-15-8-10-30(11-9-15)20-2-1-3-21-23(20)31-14-22(32-21)24(26,27)28/h1-3,6-7,12-13,15,22,29H,4-5,8-11,14H2. The number of halogens is 4. The highest BCUT2D eigenvalue weighted by molar-refractivity contribution is 6.31. The minimum absolute atomic E-state index is 0.164. The molecule has 2 aliphatic heterocycles. The number of piperidine rings is 1. The number of rotatable bonds is 4. The Morgan fingerprint density at radius 3 is 2.72 bits per heavy atom. The third-order valence-electron chi connectivity index (χ3n) is 6.48. The predicted molar refractivity (Wildman–Crippen MR) is 119 cm³/mol. The number of hydrogen-bond acceptors (Lipinski definition) is 3. The van der Waals surface area contributed by atoms with Gasteiger partial charge in [-0.2, -0.15) is 13.2 Å². The number of ether oxygens (including phenoxy) is 2. The lowest BCUT2D eigenvalue weighted by molar-refractivity contribution is -0.207. The number of aromatic amines is 1. The second-order valence-electron chi connectivity index (χ2n) is 8.54. The summed E-state index contributed by atoms with van der Waals surface area (Å²) < 4.78 is 49.7. The maximum atomic E-state index is 13.0. The molecule has 0 radical (unpaired) electrons. The molecule has 1 fully saturated rings. The van der Waals surface area contributed by atoms with Crippen LogP contribution >= 0.6 is 11.6 Å². The predicted octanol–water partition coefficient (Wildman–Crippen LogP) is 6.37. The van der Waals surface area contributed by atoms with Crippen LogP contribution in [0.4, 0.5) is 18.9 Å². The van der Waals surface area contributed by atoms with Crippen LogP contribution in [0.2, 0.25) is 5.02 Å². The van der Waals surface area contributed by atoms with Crippen LogP contribution in [0.3, 0.4) is 0 Å². The second kappa shape index (κ2) is 8.43. The van der Waals surface area contributed by atoms with Crippen LogP contribution in [0.5, 0.6) is 11.5 Å². The molecule has 8 heteroatoms. The largest absolute Gasteiger partial charge is 0.483 e. The summed E-state index contributed by atoms with van der Waals surface area (Å²) in [6.07, 6.45) is -0.127. The van der Waals surface area contributed by atoms with Crippen molar-refractivity contribution in [2.75, 3.05) is 24.6 Å². The third kappa shape index (κ3) is 4.22. The summed E-state index contributed by atoms with van der Waals surface area (Å²) in [4.78, 5) is 5.49. The first-order chi connectivity index (χ1) is 15.4. The molecule has 0 spiro atoms. The molecule has 2 aromatic carbocycles. The van der Waals surface area contributed by atoms with Gasteiger partial charge >= 0.3 is 6.18 Å². The highest BCUT2D eigenvalue weighted by Crippen LogP contribution is 2.44. The number of alkyl halides is 3. The molecule has 0 bridgehead atoms. The van der Waals surface area contributed by atoms with Crippen molar-refractivity contribution in [1.29, 1.82) is 0 Å². The molecule has 0 amide bonds. The average molecular weight is 465 g/mol. The molecule has 5 rings (SSSR count). The van der Waals surface area contributed by atoms with Crippen molar-refractivity contribution in [3.63, 3.8) is 0 Å². The number of anilines is 1. The molecule has 170 valence electrons. The Balaban J connectivity index is 1.20. The maximum Gasteiger partial charge on any atom is 0.428 e. The van der Waals surface area contributed by atoms with Gasteiger partial charge < -0.3 is 19.4 Å². The lowest BCUT2D eigenvalue weighted by Crippen LogP contribution is -2.42. The van der Waals surface area contributed by atoms with E-state index in [1.54, 1.807) is 6.07 Å². The Kier molecular flexibility index (Phi) is 5.61. The van der Waals surface area contributed by atoms with Gasteiger partial charge in [0.15, 0.2) is 11.5 Å². The molecular formula is C24H24ClF3N2O2. The molecule has 4 nitrogen and oxygen atoms in total. The van der Waals surface area contributed by atoms with Crippen molar-refractivity contribution in [3.05, 3.63) is 53.2 Å². The maximum absolute atomic E-state index is 13.0. The first kappa shape index (κ1) is 21.3. The Bertz CT molecular complexity index is 1110. The second-order valence-corrected chi connectivity index (χ2v) is 8.97. The van der Waals surface area contributed by atoms with Gasteiger partial charge in [0.25, 0.3) is 0 Å². The highest BCUT2D eigenvalue weighted by atomic mass is 35.5. The Labute approximate surface area is 189 Å². The number of aromatic nitrogens is 1. The van der Waals surface area contributed by atoms with Crippen LogP contribution in [0.25, 0.3) is 10.9 Å². The normalized spacial score (nSPS) is 19.5. The van der Waals surface area contributed by atoms with E-state index < -0.39 is 18.9 Å². The molecule has 1 unspecified atom stereocenters. The van der Waals surface area contributed by atoms with Crippen LogP contribution in [0.15, 0.2) is 42.6 Å². The van der Waals surface area contributed by atoms with Crippen molar-refractivity contribution in [1.82, 2.24) is 4.98 Å². The van der Waals surface area contributed by atoms with E-state index in [-0.39, 0.29) is 5.75 Å². The van der Waals surface area contributed by atoms with E-state index in [9.17, 15) is 13.2 Å². The zero-order chi connectivity index (χ0) is 22.3. The monoisotopic (exact) mass is 464 g/mol. The number of hydrogen-bond donors (Lipinski definition) is 1. The van der Waals surface area contributed by atoms with Gasteiger partial charge in [-0.1, -0.05) is 23.7 Å². The fourth-order valence-electron chi connectivity index (χ4n) is 4.69. The van der Waals surface area contributed by atoms with Gasteiger partial charge in [0.2, 0.25) is 6.10 Å². The van der Waals surface area contributed by atoms with Crippen molar-refractivity contribution in [2.24, 2.45) is 5.92 Å². The summed E-state index contributed by atoms with van der Waals surface area (Å²) in [6.45, 7) is 1.17. The fourth-order valence-corrected chi connectivity index (χ4v) is 4.86. The summed E-state index contributed by atoms with van der Waals surface area (Å²) >= 11 is 6.07. The van der Waals surface area contributed by atoms with Gasteiger partial charge in [0.1, 0.15) is 6.61 Å². The molecule has 0 saturated carbocycles.